The van der Waals surface area contributed by atoms with Crippen molar-refractivity contribution in [3.8, 4) is 5.75 Å². The maximum atomic E-state index is 14.4. The van der Waals surface area contributed by atoms with Crippen LogP contribution in [0.15, 0.2) is 36.5 Å². The minimum atomic E-state index is -0.493. The summed E-state index contributed by atoms with van der Waals surface area (Å²) in [4.78, 5) is 19.6. The van der Waals surface area contributed by atoms with E-state index >= 15 is 0 Å². The van der Waals surface area contributed by atoms with Crippen LogP contribution in [0.2, 0.25) is 0 Å². The third kappa shape index (κ3) is 5.25. The Morgan fingerprint density at radius 2 is 2.14 bits per heavy atom. The molecular weight excluding hydrogens is 369 g/mol. The van der Waals surface area contributed by atoms with Gasteiger partial charge in [-0.1, -0.05) is 26.0 Å². The van der Waals surface area contributed by atoms with Crippen LogP contribution in [-0.4, -0.2) is 41.5 Å². The molecule has 2 heterocycles. The molecule has 2 aromatic rings. The number of aryl methyl sites for hydroxylation is 1. The standard InChI is InChI=1S/C23H30FN3O2/c1-4-12-29-22-19(6-5-7-20(22)24)23(28)27-15-17(3)8-10-18(27)14-26-21-11-9-16(2)13-25-21/h5-7,9,11,13,17-18H,4,8,10,12,14-15H2,1-3H3,(H,25,26)/t17-,18-/m0/s1. The SMILES string of the molecule is CCCOc1c(F)cccc1C(=O)N1C[C@@H](C)CC[C@H]1CNc1ccc(C)cn1. The van der Waals surface area contributed by atoms with Gasteiger partial charge in [-0.2, -0.15) is 0 Å². The lowest BCUT2D eigenvalue weighted by Crippen LogP contribution is -2.49. The highest BCUT2D eigenvalue weighted by atomic mass is 19.1. The normalized spacial score (nSPS) is 19.1. The molecule has 2 atom stereocenters. The van der Waals surface area contributed by atoms with Crippen molar-refractivity contribution in [3.05, 3.63) is 53.5 Å². The average molecular weight is 400 g/mol. The quantitative estimate of drug-likeness (QED) is 0.735. The highest BCUT2D eigenvalue weighted by Crippen LogP contribution is 2.29. The molecule has 1 aliphatic rings. The van der Waals surface area contributed by atoms with Gasteiger partial charge in [-0.25, -0.2) is 9.37 Å². The number of anilines is 1. The van der Waals surface area contributed by atoms with Crippen molar-refractivity contribution in [1.29, 1.82) is 0 Å². The lowest BCUT2D eigenvalue weighted by Gasteiger charge is -2.39. The van der Waals surface area contributed by atoms with E-state index in [0.29, 0.717) is 31.2 Å². The van der Waals surface area contributed by atoms with E-state index in [1.165, 1.54) is 6.07 Å². The number of likely N-dealkylation sites (tertiary alicyclic amines) is 1. The number of ether oxygens (including phenoxy) is 1. The molecule has 0 unspecified atom stereocenters. The molecule has 1 amide bonds. The van der Waals surface area contributed by atoms with Gasteiger partial charge in [0.05, 0.1) is 12.2 Å². The van der Waals surface area contributed by atoms with Crippen LogP contribution in [0.3, 0.4) is 0 Å². The maximum absolute atomic E-state index is 14.4. The molecule has 1 aromatic heterocycles. The molecule has 3 rings (SSSR count). The summed E-state index contributed by atoms with van der Waals surface area (Å²) in [6.07, 6.45) is 4.52. The molecule has 1 saturated heterocycles. The molecule has 1 fully saturated rings. The van der Waals surface area contributed by atoms with Gasteiger partial charge < -0.3 is 15.0 Å². The molecule has 29 heavy (non-hydrogen) atoms. The second-order valence-corrected chi connectivity index (χ2v) is 7.86. The molecule has 0 bridgehead atoms. The minimum Gasteiger partial charge on any atom is -0.490 e. The van der Waals surface area contributed by atoms with E-state index in [-0.39, 0.29) is 17.7 Å². The molecule has 1 N–H and O–H groups in total. The van der Waals surface area contributed by atoms with Crippen molar-refractivity contribution >= 4 is 11.7 Å². The van der Waals surface area contributed by atoms with Crippen LogP contribution in [0.5, 0.6) is 5.75 Å². The average Bonchev–Trinajstić information content (AvgIpc) is 2.72. The Morgan fingerprint density at radius 3 is 2.86 bits per heavy atom. The lowest BCUT2D eigenvalue weighted by atomic mass is 9.93. The van der Waals surface area contributed by atoms with Gasteiger partial charge in [-0.15, -0.1) is 0 Å². The first-order chi connectivity index (χ1) is 14.0. The molecule has 5 nitrogen and oxygen atoms in total. The highest BCUT2D eigenvalue weighted by molar-refractivity contribution is 5.97. The number of piperidine rings is 1. The Balaban J connectivity index is 1.78. The van der Waals surface area contributed by atoms with E-state index in [2.05, 4.69) is 17.2 Å². The van der Waals surface area contributed by atoms with E-state index in [4.69, 9.17) is 4.74 Å². The Kier molecular flexibility index (Phi) is 7.07. The molecule has 0 aliphatic carbocycles. The van der Waals surface area contributed by atoms with Gasteiger partial charge in [-0.05, 0) is 55.9 Å². The maximum Gasteiger partial charge on any atom is 0.258 e. The van der Waals surface area contributed by atoms with Gasteiger partial charge in [0, 0.05) is 25.3 Å². The molecule has 0 radical (unpaired) electrons. The van der Waals surface area contributed by atoms with Crippen molar-refractivity contribution in [1.82, 2.24) is 9.88 Å². The van der Waals surface area contributed by atoms with Crippen LogP contribution in [-0.2, 0) is 0 Å². The summed E-state index contributed by atoms with van der Waals surface area (Å²) in [6, 6.07) is 8.52. The predicted molar refractivity (Wildman–Crippen MR) is 113 cm³/mol. The number of nitrogens with zero attached hydrogens (tertiary/aromatic N) is 2. The molecule has 6 heteroatoms. The Morgan fingerprint density at radius 1 is 1.31 bits per heavy atom. The monoisotopic (exact) mass is 399 g/mol. The number of hydrogen-bond donors (Lipinski definition) is 1. The molecule has 0 spiro atoms. The van der Waals surface area contributed by atoms with E-state index in [1.807, 2.05) is 37.1 Å². The number of carbonyl (C=O) groups excluding carboxylic acids is 1. The third-order valence-electron chi connectivity index (χ3n) is 5.28. The van der Waals surface area contributed by atoms with Crippen LogP contribution in [0.25, 0.3) is 0 Å². The lowest BCUT2D eigenvalue weighted by molar-refractivity contribution is 0.0560. The zero-order chi connectivity index (χ0) is 20.8. The Labute approximate surface area is 172 Å². The van der Waals surface area contributed by atoms with E-state index in [9.17, 15) is 9.18 Å². The minimum absolute atomic E-state index is 0.0177. The number of pyridine rings is 1. The summed E-state index contributed by atoms with van der Waals surface area (Å²) in [6.45, 7) is 7.73. The smallest absolute Gasteiger partial charge is 0.258 e. The van der Waals surface area contributed by atoms with Crippen LogP contribution < -0.4 is 10.1 Å². The van der Waals surface area contributed by atoms with Crippen molar-refractivity contribution < 1.29 is 13.9 Å². The Bertz CT molecular complexity index is 825. The fraction of sp³-hybridized carbons (Fsp3) is 0.478. The Hall–Kier alpha value is -2.63. The number of rotatable bonds is 7. The second kappa shape index (κ2) is 9.72. The number of carbonyl (C=O) groups is 1. The van der Waals surface area contributed by atoms with Crippen molar-refractivity contribution in [2.24, 2.45) is 5.92 Å². The van der Waals surface area contributed by atoms with Gasteiger partial charge in [0.25, 0.3) is 5.91 Å². The molecule has 156 valence electrons. The van der Waals surface area contributed by atoms with Crippen molar-refractivity contribution in [3.63, 3.8) is 0 Å². The fourth-order valence-corrected chi connectivity index (χ4v) is 3.65. The van der Waals surface area contributed by atoms with Crippen LogP contribution >= 0.6 is 0 Å². The predicted octanol–water partition coefficient (Wildman–Crippen LogP) is 4.67. The number of para-hydroxylation sites is 1. The van der Waals surface area contributed by atoms with Gasteiger partial charge in [0.2, 0.25) is 0 Å². The van der Waals surface area contributed by atoms with Crippen molar-refractivity contribution in [2.75, 3.05) is 25.0 Å². The molecule has 1 aliphatic heterocycles. The summed E-state index contributed by atoms with van der Waals surface area (Å²) in [5.41, 5.74) is 1.40. The van der Waals surface area contributed by atoms with Gasteiger partial charge in [0.1, 0.15) is 5.82 Å². The second-order valence-electron chi connectivity index (χ2n) is 7.86. The largest absolute Gasteiger partial charge is 0.490 e. The van der Waals surface area contributed by atoms with E-state index in [1.54, 1.807) is 12.1 Å². The number of hydrogen-bond acceptors (Lipinski definition) is 4. The summed E-state index contributed by atoms with van der Waals surface area (Å²) in [5.74, 6) is 0.587. The summed E-state index contributed by atoms with van der Waals surface area (Å²) >= 11 is 0. The summed E-state index contributed by atoms with van der Waals surface area (Å²) < 4.78 is 19.9. The summed E-state index contributed by atoms with van der Waals surface area (Å²) in [7, 11) is 0. The van der Waals surface area contributed by atoms with Crippen molar-refractivity contribution in [2.45, 2.75) is 46.1 Å². The first kappa shape index (κ1) is 21.1. The van der Waals surface area contributed by atoms with E-state index < -0.39 is 5.82 Å². The first-order valence-corrected chi connectivity index (χ1v) is 10.4. The fourth-order valence-electron chi connectivity index (χ4n) is 3.65. The number of nitrogens with one attached hydrogen (secondary N) is 1. The van der Waals surface area contributed by atoms with Crippen LogP contribution in [0.1, 0.15) is 49.0 Å². The van der Waals surface area contributed by atoms with Gasteiger partial charge in [-0.3, -0.25) is 4.79 Å². The summed E-state index contributed by atoms with van der Waals surface area (Å²) in [5, 5.41) is 3.34. The van der Waals surface area contributed by atoms with Crippen LogP contribution in [0, 0.1) is 18.7 Å². The van der Waals surface area contributed by atoms with E-state index in [0.717, 1.165) is 30.6 Å². The zero-order valence-electron chi connectivity index (χ0n) is 17.5. The number of halogens is 1. The molecular formula is C23H30FN3O2. The highest BCUT2D eigenvalue weighted by Gasteiger charge is 2.32. The number of benzene rings is 1. The van der Waals surface area contributed by atoms with Gasteiger partial charge >= 0.3 is 0 Å². The molecule has 0 saturated carbocycles. The zero-order valence-corrected chi connectivity index (χ0v) is 17.5. The number of amides is 1. The molecule has 1 aromatic carbocycles. The van der Waals surface area contributed by atoms with Gasteiger partial charge in [0.15, 0.2) is 11.6 Å². The number of aromatic nitrogens is 1. The topological polar surface area (TPSA) is 54.5 Å². The van der Waals surface area contributed by atoms with Crippen LogP contribution in [0.4, 0.5) is 10.2 Å². The third-order valence-corrected chi connectivity index (χ3v) is 5.28. The first-order valence-electron chi connectivity index (χ1n) is 10.4.